The smallest absolute Gasteiger partial charge is 0.226 e. The van der Waals surface area contributed by atoms with Gasteiger partial charge in [-0.05, 0) is 37.5 Å². The molecule has 0 aliphatic carbocycles. The number of imidazole rings is 1. The summed E-state index contributed by atoms with van der Waals surface area (Å²) in [5, 5.41) is 0.0103. The van der Waals surface area contributed by atoms with Crippen LogP contribution in [-0.4, -0.2) is 36.8 Å². The maximum atomic E-state index is 12.3. The minimum atomic E-state index is -3.41. The van der Waals surface area contributed by atoms with Crippen molar-refractivity contribution in [2.24, 2.45) is 0 Å². The fraction of sp³-hybridized carbons (Fsp3) is 0.462. The second-order valence-electron chi connectivity index (χ2n) is 5.06. The number of nitrogens with two attached hydrogens (primary N) is 1. The Morgan fingerprint density at radius 3 is 3.05 bits per heavy atom. The zero-order valence-electron chi connectivity index (χ0n) is 11.0. The summed E-state index contributed by atoms with van der Waals surface area (Å²) in [6.45, 7) is 0.731. The molecule has 1 aromatic heterocycles. The molecule has 3 rings (SSSR count). The minimum absolute atomic E-state index is 0.0103. The number of aromatic nitrogens is 2. The lowest BCUT2D eigenvalue weighted by Crippen LogP contribution is -2.15. The van der Waals surface area contributed by atoms with Gasteiger partial charge in [-0.3, -0.25) is 0 Å². The molecule has 0 bridgehead atoms. The van der Waals surface area contributed by atoms with Gasteiger partial charge in [0, 0.05) is 12.3 Å². The highest BCUT2D eigenvalue weighted by Gasteiger charge is 2.23. The van der Waals surface area contributed by atoms with Crippen molar-refractivity contribution >= 4 is 26.6 Å². The number of ether oxygens (including phenoxy) is 1. The molecule has 0 spiro atoms. The molecule has 6 nitrogen and oxygen atoms in total. The number of nitrogen functional groups attached to an aromatic ring is 1. The van der Waals surface area contributed by atoms with Gasteiger partial charge in [0.05, 0.1) is 22.9 Å². The lowest BCUT2D eigenvalue weighted by Gasteiger charge is -2.07. The third-order valence-electron chi connectivity index (χ3n) is 3.51. The molecular weight excluding hydrogens is 278 g/mol. The van der Waals surface area contributed by atoms with Crippen LogP contribution in [0.4, 0.5) is 5.69 Å². The Morgan fingerprint density at radius 2 is 2.30 bits per heavy atom. The predicted molar refractivity (Wildman–Crippen MR) is 76.1 cm³/mol. The monoisotopic (exact) mass is 295 g/mol. The second kappa shape index (κ2) is 5.06. The molecule has 1 saturated heterocycles. The van der Waals surface area contributed by atoms with Crippen molar-refractivity contribution in [2.45, 2.75) is 30.5 Å². The summed E-state index contributed by atoms with van der Waals surface area (Å²) in [7, 11) is -3.41. The Morgan fingerprint density at radius 1 is 1.45 bits per heavy atom. The highest BCUT2D eigenvalue weighted by atomic mass is 32.2. The molecule has 0 radical (unpaired) electrons. The van der Waals surface area contributed by atoms with Gasteiger partial charge in [0.2, 0.25) is 15.0 Å². The topological polar surface area (TPSA) is 98.1 Å². The van der Waals surface area contributed by atoms with Crippen molar-refractivity contribution in [1.29, 1.82) is 0 Å². The van der Waals surface area contributed by atoms with Crippen LogP contribution in [0.15, 0.2) is 23.4 Å². The summed E-state index contributed by atoms with van der Waals surface area (Å²) in [5.74, 6) is 0.0486. The maximum Gasteiger partial charge on any atom is 0.226 e. The molecule has 1 aliphatic heterocycles. The Kier molecular flexibility index (Phi) is 3.39. The number of anilines is 1. The first-order chi connectivity index (χ1) is 9.54. The van der Waals surface area contributed by atoms with Crippen molar-refractivity contribution < 1.29 is 13.2 Å². The Labute approximate surface area is 117 Å². The molecule has 108 valence electrons. The van der Waals surface area contributed by atoms with E-state index in [0.29, 0.717) is 23.1 Å². The van der Waals surface area contributed by atoms with Gasteiger partial charge in [-0.2, -0.15) is 0 Å². The largest absolute Gasteiger partial charge is 0.399 e. The molecule has 1 unspecified atom stereocenters. The molecule has 0 amide bonds. The zero-order valence-corrected chi connectivity index (χ0v) is 11.8. The number of aromatic amines is 1. The average Bonchev–Trinajstić information content (AvgIpc) is 3.05. The highest BCUT2D eigenvalue weighted by molar-refractivity contribution is 7.91. The van der Waals surface area contributed by atoms with Gasteiger partial charge in [-0.25, -0.2) is 13.4 Å². The van der Waals surface area contributed by atoms with Crippen LogP contribution in [0, 0.1) is 0 Å². The van der Waals surface area contributed by atoms with Gasteiger partial charge < -0.3 is 15.5 Å². The number of sulfone groups is 1. The van der Waals surface area contributed by atoms with E-state index in [1.807, 2.05) is 0 Å². The predicted octanol–water partition coefficient (Wildman–Crippen LogP) is 1.49. The van der Waals surface area contributed by atoms with Gasteiger partial charge in [0.15, 0.2) is 0 Å². The number of nitrogens with zero attached hydrogens (tertiary/aromatic N) is 1. The fourth-order valence-electron chi connectivity index (χ4n) is 2.41. The molecule has 1 atom stereocenters. The van der Waals surface area contributed by atoms with E-state index in [0.717, 1.165) is 19.4 Å². The van der Waals surface area contributed by atoms with Crippen molar-refractivity contribution in [1.82, 2.24) is 9.97 Å². The summed E-state index contributed by atoms with van der Waals surface area (Å²) in [5.41, 5.74) is 7.49. The zero-order chi connectivity index (χ0) is 14.2. The van der Waals surface area contributed by atoms with Crippen LogP contribution in [0.1, 0.15) is 19.3 Å². The van der Waals surface area contributed by atoms with Crippen LogP contribution in [0.2, 0.25) is 0 Å². The molecule has 1 fully saturated rings. The molecular formula is C13H17N3O3S. The van der Waals surface area contributed by atoms with Gasteiger partial charge >= 0.3 is 0 Å². The number of H-pyrrole nitrogens is 1. The Bertz CT molecular complexity index is 718. The lowest BCUT2D eigenvalue weighted by atomic mass is 10.2. The quantitative estimate of drug-likeness (QED) is 0.833. The molecule has 7 heteroatoms. The third-order valence-corrected chi connectivity index (χ3v) is 5.07. The summed E-state index contributed by atoms with van der Waals surface area (Å²) >= 11 is 0. The van der Waals surface area contributed by atoms with Crippen molar-refractivity contribution in [3.05, 3.63) is 18.2 Å². The number of rotatable bonds is 4. The first-order valence-electron chi connectivity index (χ1n) is 6.64. The van der Waals surface area contributed by atoms with E-state index in [1.165, 1.54) is 0 Å². The van der Waals surface area contributed by atoms with E-state index < -0.39 is 9.84 Å². The SMILES string of the molecule is Nc1ccc2nc(S(=O)(=O)CCC3CCCO3)[nH]c2c1. The van der Waals surface area contributed by atoms with E-state index in [1.54, 1.807) is 18.2 Å². The molecule has 20 heavy (non-hydrogen) atoms. The Hall–Kier alpha value is -1.60. The second-order valence-corrected chi connectivity index (χ2v) is 7.09. The highest BCUT2D eigenvalue weighted by Crippen LogP contribution is 2.21. The maximum absolute atomic E-state index is 12.3. The number of hydrogen-bond acceptors (Lipinski definition) is 5. The van der Waals surface area contributed by atoms with Crippen LogP contribution in [0.3, 0.4) is 0 Å². The van der Waals surface area contributed by atoms with Crippen molar-refractivity contribution in [3.8, 4) is 0 Å². The summed E-state index contributed by atoms with van der Waals surface area (Å²) in [6.07, 6.45) is 2.52. The van der Waals surface area contributed by atoms with Gasteiger partial charge in [-0.15, -0.1) is 0 Å². The Balaban J connectivity index is 1.81. The number of benzene rings is 1. The van der Waals surface area contributed by atoms with Crippen LogP contribution >= 0.6 is 0 Å². The first kappa shape index (κ1) is 13.4. The summed E-state index contributed by atoms with van der Waals surface area (Å²) in [4.78, 5) is 6.96. The average molecular weight is 295 g/mol. The van der Waals surface area contributed by atoms with Crippen molar-refractivity contribution in [3.63, 3.8) is 0 Å². The number of fused-ring (bicyclic) bond motifs is 1. The molecule has 1 aliphatic rings. The molecule has 3 N–H and O–H groups in total. The van der Waals surface area contributed by atoms with Crippen LogP contribution < -0.4 is 5.73 Å². The summed E-state index contributed by atoms with van der Waals surface area (Å²) < 4.78 is 30.0. The molecule has 2 aromatic rings. The van der Waals surface area contributed by atoms with E-state index in [2.05, 4.69) is 9.97 Å². The van der Waals surface area contributed by atoms with E-state index in [4.69, 9.17) is 10.5 Å². The van der Waals surface area contributed by atoms with Gasteiger partial charge in [0.25, 0.3) is 0 Å². The fourth-order valence-corrected chi connectivity index (χ4v) is 3.68. The van der Waals surface area contributed by atoms with Crippen LogP contribution in [-0.2, 0) is 14.6 Å². The van der Waals surface area contributed by atoms with Crippen molar-refractivity contribution in [2.75, 3.05) is 18.1 Å². The normalized spacial score (nSPS) is 19.7. The minimum Gasteiger partial charge on any atom is -0.399 e. The summed E-state index contributed by atoms with van der Waals surface area (Å²) in [6, 6.07) is 5.09. The number of hydrogen-bond donors (Lipinski definition) is 2. The molecule has 0 saturated carbocycles. The number of nitrogens with one attached hydrogen (secondary N) is 1. The van der Waals surface area contributed by atoms with Crippen LogP contribution in [0.25, 0.3) is 11.0 Å². The van der Waals surface area contributed by atoms with Gasteiger partial charge in [-0.1, -0.05) is 0 Å². The van der Waals surface area contributed by atoms with Crippen LogP contribution in [0.5, 0.6) is 0 Å². The third kappa shape index (κ3) is 2.64. The van der Waals surface area contributed by atoms with E-state index in [-0.39, 0.29) is 17.0 Å². The first-order valence-corrected chi connectivity index (χ1v) is 8.29. The molecule has 2 heterocycles. The molecule has 1 aromatic carbocycles. The van der Waals surface area contributed by atoms with E-state index >= 15 is 0 Å². The van der Waals surface area contributed by atoms with Gasteiger partial charge in [0.1, 0.15) is 0 Å². The lowest BCUT2D eigenvalue weighted by molar-refractivity contribution is 0.109. The standard InChI is InChI=1S/C13H17N3O3S/c14-9-3-4-11-12(8-9)16-13(15-11)20(17,18)7-5-10-2-1-6-19-10/h3-4,8,10H,1-2,5-7,14H2,(H,15,16). The van der Waals surface area contributed by atoms with E-state index in [9.17, 15) is 8.42 Å².